The van der Waals surface area contributed by atoms with Crippen molar-refractivity contribution in [2.75, 3.05) is 11.1 Å². The van der Waals surface area contributed by atoms with Crippen LogP contribution in [0.25, 0.3) is 10.2 Å². The highest BCUT2D eigenvalue weighted by atomic mass is 35.5. The van der Waals surface area contributed by atoms with E-state index < -0.39 is 0 Å². The van der Waals surface area contributed by atoms with E-state index in [2.05, 4.69) is 10.3 Å². The lowest BCUT2D eigenvalue weighted by Crippen LogP contribution is -2.12. The molecule has 3 N–H and O–H groups in total. The molecule has 1 aromatic heterocycles. The number of halogens is 2. The highest BCUT2D eigenvalue weighted by Gasteiger charge is 2.16. The number of hydrogen-bond donors (Lipinski definition) is 2. The maximum absolute atomic E-state index is 12.3. The van der Waals surface area contributed by atoms with Crippen LogP contribution in [0.15, 0.2) is 30.3 Å². The molecule has 0 fully saturated rings. The van der Waals surface area contributed by atoms with Gasteiger partial charge < -0.3 is 11.1 Å². The number of aromatic nitrogens is 1. The van der Waals surface area contributed by atoms with E-state index >= 15 is 0 Å². The quantitative estimate of drug-likeness (QED) is 0.700. The van der Waals surface area contributed by atoms with Crippen LogP contribution in [0, 0.1) is 6.92 Å². The molecule has 0 saturated carbocycles. The lowest BCUT2D eigenvalue weighted by Gasteiger charge is -2.09. The second kappa shape index (κ2) is 5.76. The van der Waals surface area contributed by atoms with Gasteiger partial charge in [0.15, 0.2) is 5.13 Å². The van der Waals surface area contributed by atoms with Crippen molar-refractivity contribution in [2.24, 2.45) is 0 Å². The number of hydrogen-bond acceptors (Lipinski definition) is 4. The number of thiazole rings is 1. The minimum atomic E-state index is -0.255. The maximum atomic E-state index is 12.3. The molecule has 0 bridgehead atoms. The summed E-state index contributed by atoms with van der Waals surface area (Å²) in [5, 5.41) is 3.93. The molecule has 0 unspecified atom stereocenters. The molecule has 2 aromatic carbocycles. The van der Waals surface area contributed by atoms with Crippen LogP contribution in [-0.4, -0.2) is 10.9 Å². The third kappa shape index (κ3) is 2.75. The Labute approximate surface area is 140 Å². The Bertz CT molecular complexity index is 875. The average Bonchev–Trinajstić information content (AvgIpc) is 2.88. The van der Waals surface area contributed by atoms with Gasteiger partial charge in [0.25, 0.3) is 5.91 Å². The van der Waals surface area contributed by atoms with E-state index in [0.717, 1.165) is 5.56 Å². The Balaban J connectivity index is 1.98. The fraction of sp³-hybridized carbons (Fsp3) is 0.0667. The molecule has 0 spiro atoms. The maximum Gasteiger partial charge on any atom is 0.255 e. The van der Waals surface area contributed by atoms with Gasteiger partial charge in [0, 0.05) is 5.56 Å². The lowest BCUT2D eigenvalue weighted by atomic mass is 10.1. The zero-order valence-corrected chi connectivity index (χ0v) is 13.8. The predicted molar refractivity (Wildman–Crippen MR) is 93.2 cm³/mol. The van der Waals surface area contributed by atoms with Crippen molar-refractivity contribution in [2.45, 2.75) is 6.92 Å². The Morgan fingerprint density at radius 2 is 1.95 bits per heavy atom. The number of carbonyl (C=O) groups excluding carboxylic acids is 1. The summed E-state index contributed by atoms with van der Waals surface area (Å²) in [7, 11) is 0. The summed E-state index contributed by atoms with van der Waals surface area (Å²) in [5.41, 5.74) is 8.30. The van der Waals surface area contributed by atoms with Gasteiger partial charge in [-0.05, 0) is 25.1 Å². The van der Waals surface area contributed by atoms with Gasteiger partial charge in [-0.3, -0.25) is 4.79 Å². The number of amides is 1. The SMILES string of the molecule is Cc1ccc(C(=O)Nc2cc(Cl)c3nc(N)sc3c2Cl)cc1. The number of nitrogens with one attached hydrogen (secondary N) is 1. The van der Waals surface area contributed by atoms with E-state index in [-0.39, 0.29) is 5.91 Å². The van der Waals surface area contributed by atoms with Crippen molar-refractivity contribution in [1.29, 1.82) is 0 Å². The van der Waals surface area contributed by atoms with Crippen molar-refractivity contribution in [3.63, 3.8) is 0 Å². The molecule has 7 heteroatoms. The molecule has 0 aliphatic rings. The zero-order valence-electron chi connectivity index (χ0n) is 11.5. The number of fused-ring (bicyclic) bond motifs is 1. The smallest absolute Gasteiger partial charge is 0.255 e. The first-order valence-corrected chi connectivity index (χ1v) is 7.95. The summed E-state index contributed by atoms with van der Waals surface area (Å²) in [6, 6.07) is 8.83. The second-order valence-corrected chi connectivity index (χ2v) is 6.59. The van der Waals surface area contributed by atoms with Crippen molar-refractivity contribution in [3.05, 3.63) is 51.5 Å². The number of nitrogen functional groups attached to an aromatic ring is 1. The fourth-order valence-corrected chi connectivity index (χ4v) is 3.43. The topological polar surface area (TPSA) is 68.0 Å². The summed E-state index contributed by atoms with van der Waals surface area (Å²) in [5.74, 6) is -0.255. The van der Waals surface area contributed by atoms with Crippen LogP contribution >= 0.6 is 34.5 Å². The summed E-state index contributed by atoms with van der Waals surface area (Å²) in [4.78, 5) is 16.4. The number of carbonyl (C=O) groups is 1. The van der Waals surface area contributed by atoms with E-state index in [0.29, 0.717) is 36.6 Å². The normalized spacial score (nSPS) is 10.9. The van der Waals surface area contributed by atoms with E-state index in [4.69, 9.17) is 28.9 Å². The lowest BCUT2D eigenvalue weighted by molar-refractivity contribution is 0.102. The molecular weight excluding hydrogens is 341 g/mol. The van der Waals surface area contributed by atoms with Gasteiger partial charge in [0.1, 0.15) is 5.52 Å². The molecule has 4 nitrogen and oxygen atoms in total. The second-order valence-electron chi connectivity index (χ2n) is 4.77. The van der Waals surface area contributed by atoms with Crippen LogP contribution in [-0.2, 0) is 0 Å². The minimum Gasteiger partial charge on any atom is -0.375 e. The van der Waals surface area contributed by atoms with Crippen LogP contribution in [0.3, 0.4) is 0 Å². The van der Waals surface area contributed by atoms with Crippen LogP contribution in [0.4, 0.5) is 10.8 Å². The third-order valence-electron chi connectivity index (χ3n) is 3.14. The number of aryl methyl sites for hydroxylation is 1. The predicted octanol–water partition coefficient (Wildman–Crippen LogP) is 4.75. The van der Waals surface area contributed by atoms with Gasteiger partial charge in [0.2, 0.25) is 0 Å². The Kier molecular flexibility index (Phi) is 3.95. The molecule has 0 aliphatic carbocycles. The van der Waals surface area contributed by atoms with Gasteiger partial charge >= 0.3 is 0 Å². The molecule has 0 radical (unpaired) electrons. The van der Waals surface area contributed by atoms with Crippen LogP contribution in [0.1, 0.15) is 15.9 Å². The van der Waals surface area contributed by atoms with E-state index in [1.54, 1.807) is 18.2 Å². The first kappa shape index (κ1) is 15.1. The van der Waals surface area contributed by atoms with E-state index in [1.807, 2.05) is 19.1 Å². The van der Waals surface area contributed by atoms with Crippen molar-refractivity contribution in [1.82, 2.24) is 4.98 Å². The number of anilines is 2. The van der Waals surface area contributed by atoms with Gasteiger partial charge in [-0.25, -0.2) is 4.98 Å². The van der Waals surface area contributed by atoms with Crippen molar-refractivity contribution in [3.8, 4) is 0 Å². The first-order valence-electron chi connectivity index (χ1n) is 6.37. The molecular formula is C15H11Cl2N3OS. The standard InChI is InChI=1S/C15H11Cl2N3OS/c1-7-2-4-8(5-3-7)14(21)19-10-6-9(16)12-13(11(10)17)22-15(18)20-12/h2-6H,1H3,(H2,18,20)(H,19,21). The Morgan fingerprint density at radius 1 is 1.27 bits per heavy atom. The molecule has 0 aliphatic heterocycles. The fourth-order valence-electron chi connectivity index (χ4n) is 2.02. The number of nitrogens with zero attached hydrogens (tertiary/aromatic N) is 1. The van der Waals surface area contributed by atoms with E-state index in [9.17, 15) is 4.79 Å². The van der Waals surface area contributed by atoms with Crippen molar-refractivity contribution >= 4 is 61.5 Å². The minimum absolute atomic E-state index is 0.255. The van der Waals surface area contributed by atoms with E-state index in [1.165, 1.54) is 11.3 Å². The van der Waals surface area contributed by atoms with Crippen molar-refractivity contribution < 1.29 is 4.79 Å². The Hall–Kier alpha value is -1.82. The average molecular weight is 352 g/mol. The summed E-state index contributed by atoms with van der Waals surface area (Å²) in [6.45, 7) is 1.96. The molecule has 3 rings (SSSR count). The number of rotatable bonds is 2. The molecule has 22 heavy (non-hydrogen) atoms. The molecule has 112 valence electrons. The first-order chi connectivity index (χ1) is 10.5. The monoisotopic (exact) mass is 351 g/mol. The summed E-state index contributed by atoms with van der Waals surface area (Å²) >= 11 is 13.7. The molecule has 3 aromatic rings. The highest BCUT2D eigenvalue weighted by Crippen LogP contribution is 2.40. The molecule has 0 atom stereocenters. The summed E-state index contributed by atoms with van der Waals surface area (Å²) in [6.07, 6.45) is 0. The zero-order chi connectivity index (χ0) is 15.9. The third-order valence-corrected chi connectivity index (χ3v) is 4.83. The van der Waals surface area contributed by atoms with Gasteiger partial charge in [-0.1, -0.05) is 52.2 Å². The Morgan fingerprint density at radius 3 is 2.64 bits per heavy atom. The molecule has 1 heterocycles. The number of nitrogens with two attached hydrogens (primary N) is 1. The van der Waals surface area contributed by atoms with Crippen LogP contribution < -0.4 is 11.1 Å². The molecule has 1 amide bonds. The molecule has 0 saturated heterocycles. The van der Waals surface area contributed by atoms with Gasteiger partial charge in [-0.15, -0.1) is 0 Å². The van der Waals surface area contributed by atoms with Gasteiger partial charge in [-0.2, -0.15) is 0 Å². The summed E-state index contributed by atoms with van der Waals surface area (Å²) < 4.78 is 0.658. The van der Waals surface area contributed by atoms with Crippen LogP contribution in [0.5, 0.6) is 0 Å². The highest BCUT2D eigenvalue weighted by molar-refractivity contribution is 7.22. The largest absolute Gasteiger partial charge is 0.375 e. The van der Waals surface area contributed by atoms with Crippen LogP contribution in [0.2, 0.25) is 10.0 Å². The number of benzene rings is 2. The van der Waals surface area contributed by atoms with Gasteiger partial charge in [0.05, 0.1) is 20.4 Å².